The van der Waals surface area contributed by atoms with Crippen molar-refractivity contribution in [2.45, 2.75) is 57.3 Å². The average Bonchev–Trinajstić information content (AvgIpc) is 2.90. The number of aliphatic hydroxyl groups is 1. The molecule has 6 atom stereocenters. The Kier molecular flexibility index (Phi) is 6.13. The summed E-state index contributed by atoms with van der Waals surface area (Å²) in [6.07, 6.45) is -1.44. The fourth-order valence-electron chi connectivity index (χ4n) is 3.31. The number of hydrogen-bond donors (Lipinski definition) is 3. The largest absolute Gasteiger partial charge is 0.465 e. The number of ether oxygens (including phenoxy) is 2. The minimum atomic E-state index is -3.97. The molecule has 0 spiro atoms. The average molecular weight is 432 g/mol. The van der Waals surface area contributed by atoms with Gasteiger partial charge in [0.15, 0.2) is 6.23 Å². The molecule has 29 heavy (non-hydrogen) atoms. The molecule has 2 aliphatic rings. The van der Waals surface area contributed by atoms with Crippen molar-refractivity contribution >= 4 is 19.5 Å². The lowest BCUT2D eigenvalue weighted by Gasteiger charge is -2.36. The number of nitrogens with zero attached hydrogens (tertiary/aromatic N) is 2. The molecule has 0 amide bonds. The number of carbonyl (C=O) groups is 1. The molecule has 1 aromatic rings. The smallest absolute Gasteiger partial charge is 0.406 e. The first-order chi connectivity index (χ1) is 13.6. The van der Waals surface area contributed by atoms with Crippen LogP contribution in [0.25, 0.3) is 0 Å². The molecule has 12 nitrogen and oxygen atoms in total. The summed E-state index contributed by atoms with van der Waals surface area (Å²) in [5, 5.41) is 13.6. The lowest BCUT2D eigenvalue weighted by atomic mass is 9.96. The van der Waals surface area contributed by atoms with Crippen LogP contribution in [0.3, 0.4) is 0 Å². The highest BCUT2D eigenvalue weighted by atomic mass is 31.2. The zero-order valence-corrected chi connectivity index (χ0v) is 17.2. The van der Waals surface area contributed by atoms with Crippen molar-refractivity contribution in [2.75, 3.05) is 18.9 Å². The summed E-state index contributed by atoms with van der Waals surface area (Å²) in [5.74, 6) is -0.564. The van der Waals surface area contributed by atoms with E-state index in [-0.39, 0.29) is 25.5 Å². The predicted molar refractivity (Wildman–Crippen MR) is 99.7 cm³/mol. The second kappa shape index (κ2) is 8.13. The molecule has 162 valence electrons. The SMILES string of the molecule is CCOC(=O)[C@H](CC)N[P@]1(=O)OC[C@H]2O[C@@H](n3ccc(N)nc3=O)[C@](C)(O)[C@@H]2O1. The summed E-state index contributed by atoms with van der Waals surface area (Å²) in [6.45, 7) is 4.74. The lowest BCUT2D eigenvalue weighted by molar-refractivity contribution is -0.145. The maximum atomic E-state index is 13.1. The maximum Gasteiger partial charge on any atom is 0.406 e. The monoisotopic (exact) mass is 432 g/mol. The first-order valence-corrected chi connectivity index (χ1v) is 10.8. The molecule has 0 aromatic carbocycles. The lowest BCUT2D eigenvalue weighted by Crippen LogP contribution is -2.50. The molecule has 0 unspecified atom stereocenters. The van der Waals surface area contributed by atoms with Crippen LogP contribution in [-0.2, 0) is 27.9 Å². The van der Waals surface area contributed by atoms with Gasteiger partial charge in [0.25, 0.3) is 0 Å². The number of nitrogen functional groups attached to an aromatic ring is 1. The third kappa shape index (κ3) is 4.23. The molecular weight excluding hydrogens is 407 g/mol. The number of esters is 1. The minimum Gasteiger partial charge on any atom is -0.465 e. The Hall–Kier alpha value is -1.82. The Morgan fingerprint density at radius 3 is 2.93 bits per heavy atom. The van der Waals surface area contributed by atoms with E-state index >= 15 is 0 Å². The Balaban J connectivity index is 1.81. The van der Waals surface area contributed by atoms with Crippen LogP contribution in [0.2, 0.25) is 0 Å². The fraction of sp³-hybridized carbons (Fsp3) is 0.688. The molecule has 0 saturated carbocycles. The van der Waals surface area contributed by atoms with Crippen LogP contribution in [0.5, 0.6) is 0 Å². The summed E-state index contributed by atoms with van der Waals surface area (Å²) in [4.78, 5) is 27.8. The van der Waals surface area contributed by atoms with Crippen LogP contribution in [0.4, 0.5) is 5.82 Å². The summed E-state index contributed by atoms with van der Waals surface area (Å²) in [6, 6.07) is 0.474. The van der Waals surface area contributed by atoms with Gasteiger partial charge in [-0.2, -0.15) is 4.98 Å². The number of hydrogen-bond acceptors (Lipinski definition) is 10. The van der Waals surface area contributed by atoms with Crippen LogP contribution < -0.4 is 16.5 Å². The third-order valence-electron chi connectivity index (χ3n) is 4.78. The summed E-state index contributed by atoms with van der Waals surface area (Å²) >= 11 is 0. The Labute approximate surface area is 166 Å². The molecule has 13 heteroatoms. The van der Waals surface area contributed by atoms with E-state index in [1.54, 1.807) is 13.8 Å². The number of carbonyl (C=O) groups excluding carboxylic acids is 1. The van der Waals surface area contributed by atoms with Gasteiger partial charge >= 0.3 is 19.4 Å². The van der Waals surface area contributed by atoms with Crippen molar-refractivity contribution in [3.63, 3.8) is 0 Å². The number of rotatable bonds is 6. The third-order valence-corrected chi connectivity index (χ3v) is 6.40. The van der Waals surface area contributed by atoms with Crippen LogP contribution in [0, 0.1) is 0 Å². The van der Waals surface area contributed by atoms with Gasteiger partial charge in [-0.1, -0.05) is 6.92 Å². The molecule has 0 aliphatic carbocycles. The highest BCUT2D eigenvalue weighted by Gasteiger charge is 2.60. The number of fused-ring (bicyclic) bond motifs is 1. The molecule has 3 heterocycles. The Morgan fingerprint density at radius 2 is 2.31 bits per heavy atom. The highest BCUT2D eigenvalue weighted by Crippen LogP contribution is 2.55. The fourth-order valence-corrected chi connectivity index (χ4v) is 5.17. The summed E-state index contributed by atoms with van der Waals surface area (Å²) in [5.41, 5.74) is 3.03. The first kappa shape index (κ1) is 21.9. The van der Waals surface area contributed by atoms with E-state index in [2.05, 4.69) is 10.1 Å². The normalized spacial score (nSPS) is 35.1. The maximum absolute atomic E-state index is 13.1. The molecule has 4 N–H and O–H groups in total. The van der Waals surface area contributed by atoms with Crippen molar-refractivity contribution in [1.29, 1.82) is 0 Å². The highest BCUT2D eigenvalue weighted by molar-refractivity contribution is 7.51. The van der Waals surface area contributed by atoms with Gasteiger partial charge in [0.1, 0.15) is 29.7 Å². The van der Waals surface area contributed by atoms with Gasteiger partial charge in [0.2, 0.25) is 0 Å². The number of aromatic nitrogens is 2. The zero-order valence-electron chi connectivity index (χ0n) is 16.3. The second-order valence-electron chi connectivity index (χ2n) is 6.96. The molecule has 1 aromatic heterocycles. The quantitative estimate of drug-likeness (QED) is 0.407. The molecule has 2 aliphatic heterocycles. The van der Waals surface area contributed by atoms with E-state index in [4.69, 9.17) is 24.3 Å². The Bertz CT molecular complexity index is 875. The van der Waals surface area contributed by atoms with E-state index in [9.17, 15) is 19.3 Å². The van der Waals surface area contributed by atoms with Crippen LogP contribution in [0.1, 0.15) is 33.4 Å². The second-order valence-corrected chi connectivity index (χ2v) is 8.68. The van der Waals surface area contributed by atoms with Crippen molar-refractivity contribution in [1.82, 2.24) is 14.6 Å². The van der Waals surface area contributed by atoms with Crippen LogP contribution in [0.15, 0.2) is 17.1 Å². The number of nitrogens with one attached hydrogen (secondary N) is 1. The van der Waals surface area contributed by atoms with Crippen LogP contribution >= 0.6 is 7.75 Å². The van der Waals surface area contributed by atoms with Gasteiger partial charge in [0.05, 0.1) is 13.2 Å². The summed E-state index contributed by atoms with van der Waals surface area (Å²) in [7, 11) is -3.97. The molecular formula is C16H25N4O8P. The van der Waals surface area contributed by atoms with E-state index in [1.165, 1.54) is 19.2 Å². The zero-order chi connectivity index (χ0) is 21.4. The number of nitrogens with two attached hydrogens (primary N) is 1. The number of anilines is 1. The van der Waals surface area contributed by atoms with E-state index in [0.717, 1.165) is 4.57 Å². The van der Waals surface area contributed by atoms with Gasteiger partial charge in [-0.05, 0) is 26.3 Å². The molecule has 3 rings (SSSR count). The summed E-state index contributed by atoms with van der Waals surface area (Å²) < 4.78 is 35.7. The van der Waals surface area contributed by atoms with E-state index in [1.807, 2.05) is 0 Å². The Morgan fingerprint density at radius 1 is 1.59 bits per heavy atom. The van der Waals surface area contributed by atoms with Gasteiger partial charge in [-0.15, -0.1) is 0 Å². The van der Waals surface area contributed by atoms with Gasteiger partial charge in [-0.25, -0.2) is 14.4 Å². The van der Waals surface area contributed by atoms with Gasteiger partial charge in [0, 0.05) is 6.20 Å². The van der Waals surface area contributed by atoms with Crippen LogP contribution in [-0.4, -0.2) is 57.7 Å². The van der Waals surface area contributed by atoms with Crippen molar-refractivity contribution in [3.8, 4) is 0 Å². The topological polar surface area (TPSA) is 164 Å². The molecule has 0 radical (unpaired) electrons. The van der Waals surface area contributed by atoms with Gasteiger partial charge in [-0.3, -0.25) is 18.4 Å². The molecule has 2 saturated heterocycles. The first-order valence-electron chi connectivity index (χ1n) is 9.21. The van der Waals surface area contributed by atoms with E-state index in [0.29, 0.717) is 0 Å². The predicted octanol–water partition coefficient (Wildman–Crippen LogP) is -0.0713. The van der Waals surface area contributed by atoms with Crippen molar-refractivity contribution < 1.29 is 33.0 Å². The standard InChI is InChI=1S/C16H25N4O8P/c1-4-9(13(21)25-5-2)19-29(24)26-8-10-12(28-29)16(3,23)14(27-10)20-7-6-11(17)18-15(20)22/h6-7,9-10,12,14,23H,4-5,8H2,1-3H3,(H,19,24)(H2,17,18,22)/t9-,10+,12+,14+,16+,29-/m0/s1. The molecule has 0 bridgehead atoms. The molecule has 2 fully saturated rings. The van der Waals surface area contributed by atoms with Crippen molar-refractivity contribution in [2.24, 2.45) is 0 Å². The minimum absolute atomic E-state index is 0.0270. The van der Waals surface area contributed by atoms with Gasteiger partial charge < -0.3 is 20.3 Å². The van der Waals surface area contributed by atoms with E-state index < -0.39 is 49.5 Å². The van der Waals surface area contributed by atoms with Crippen molar-refractivity contribution in [3.05, 3.63) is 22.7 Å².